The van der Waals surface area contributed by atoms with Crippen molar-refractivity contribution in [2.24, 2.45) is 0 Å². The van der Waals surface area contributed by atoms with E-state index in [0.29, 0.717) is 34.6 Å². The highest BCUT2D eigenvalue weighted by atomic mass is 16.5. The molecular weight excluding hydrogens is 274 g/mol. The van der Waals surface area contributed by atoms with E-state index in [-0.39, 0.29) is 5.95 Å². The lowest BCUT2D eigenvalue weighted by atomic mass is 10.2. The van der Waals surface area contributed by atoms with Crippen LogP contribution in [0.3, 0.4) is 0 Å². The molecule has 1 aromatic heterocycles. The van der Waals surface area contributed by atoms with Gasteiger partial charge in [-0.25, -0.2) is 4.98 Å². The van der Waals surface area contributed by atoms with Crippen molar-refractivity contribution in [3.8, 4) is 28.9 Å². The SMILES string of the molecule is COc1cc(Oc2cc(C)nc(N)n2)cc(OC)c1OC. The van der Waals surface area contributed by atoms with Crippen molar-refractivity contribution in [3.63, 3.8) is 0 Å². The van der Waals surface area contributed by atoms with Crippen LogP contribution in [0.15, 0.2) is 18.2 Å². The van der Waals surface area contributed by atoms with Crippen molar-refractivity contribution in [1.82, 2.24) is 9.97 Å². The van der Waals surface area contributed by atoms with E-state index in [1.165, 1.54) is 21.3 Å². The van der Waals surface area contributed by atoms with E-state index in [9.17, 15) is 0 Å². The zero-order valence-electron chi connectivity index (χ0n) is 12.3. The number of anilines is 1. The molecular formula is C14H17N3O4. The van der Waals surface area contributed by atoms with Crippen LogP contribution >= 0.6 is 0 Å². The van der Waals surface area contributed by atoms with Gasteiger partial charge in [0.05, 0.1) is 21.3 Å². The van der Waals surface area contributed by atoms with Crippen molar-refractivity contribution in [2.75, 3.05) is 27.1 Å². The molecule has 2 rings (SSSR count). The van der Waals surface area contributed by atoms with E-state index in [0.717, 1.165) is 0 Å². The number of hydrogen-bond acceptors (Lipinski definition) is 7. The monoisotopic (exact) mass is 291 g/mol. The van der Waals surface area contributed by atoms with Gasteiger partial charge in [0.15, 0.2) is 11.5 Å². The number of aryl methyl sites for hydroxylation is 1. The van der Waals surface area contributed by atoms with Crippen molar-refractivity contribution >= 4 is 5.95 Å². The van der Waals surface area contributed by atoms with Crippen molar-refractivity contribution in [3.05, 3.63) is 23.9 Å². The van der Waals surface area contributed by atoms with Gasteiger partial charge in [-0.05, 0) is 6.92 Å². The Hall–Kier alpha value is -2.70. The van der Waals surface area contributed by atoms with Gasteiger partial charge in [0, 0.05) is 23.9 Å². The molecule has 0 aliphatic heterocycles. The second-order valence-corrected chi connectivity index (χ2v) is 4.17. The van der Waals surface area contributed by atoms with Crippen LogP contribution in [-0.2, 0) is 0 Å². The van der Waals surface area contributed by atoms with Crippen molar-refractivity contribution in [1.29, 1.82) is 0 Å². The molecule has 2 N–H and O–H groups in total. The maximum absolute atomic E-state index is 5.68. The van der Waals surface area contributed by atoms with Gasteiger partial charge in [-0.2, -0.15) is 4.98 Å². The normalized spacial score (nSPS) is 10.1. The third kappa shape index (κ3) is 3.25. The molecule has 1 aromatic carbocycles. The van der Waals surface area contributed by atoms with E-state index >= 15 is 0 Å². The number of ether oxygens (including phenoxy) is 4. The van der Waals surface area contributed by atoms with E-state index in [1.54, 1.807) is 25.1 Å². The Kier molecular flexibility index (Phi) is 4.32. The molecule has 0 saturated heterocycles. The number of nitrogens with zero attached hydrogens (tertiary/aromatic N) is 2. The van der Waals surface area contributed by atoms with E-state index in [1.807, 2.05) is 0 Å². The summed E-state index contributed by atoms with van der Waals surface area (Å²) in [5.41, 5.74) is 6.31. The van der Waals surface area contributed by atoms with Crippen LogP contribution in [0.25, 0.3) is 0 Å². The minimum atomic E-state index is 0.150. The summed E-state index contributed by atoms with van der Waals surface area (Å²) in [6, 6.07) is 5.03. The van der Waals surface area contributed by atoms with Gasteiger partial charge < -0.3 is 24.7 Å². The predicted molar refractivity (Wildman–Crippen MR) is 77.4 cm³/mol. The summed E-state index contributed by atoms with van der Waals surface area (Å²) in [4.78, 5) is 8.00. The molecule has 0 aliphatic rings. The Morgan fingerprint density at radius 3 is 2.00 bits per heavy atom. The van der Waals surface area contributed by atoms with Gasteiger partial charge in [0.2, 0.25) is 17.6 Å². The number of benzene rings is 1. The molecule has 0 spiro atoms. The molecule has 7 nitrogen and oxygen atoms in total. The second-order valence-electron chi connectivity index (χ2n) is 4.17. The fraction of sp³-hybridized carbons (Fsp3) is 0.286. The molecule has 0 saturated carbocycles. The summed E-state index contributed by atoms with van der Waals surface area (Å²) in [5.74, 6) is 2.45. The molecule has 0 radical (unpaired) electrons. The Morgan fingerprint density at radius 2 is 1.52 bits per heavy atom. The molecule has 0 atom stereocenters. The van der Waals surface area contributed by atoms with Gasteiger partial charge >= 0.3 is 0 Å². The smallest absolute Gasteiger partial charge is 0.224 e. The average molecular weight is 291 g/mol. The standard InChI is InChI=1S/C14H17N3O4/c1-8-5-12(17-14(15)16-8)21-9-6-10(18-2)13(20-4)11(7-9)19-3/h5-7H,1-4H3,(H2,15,16,17). The fourth-order valence-corrected chi connectivity index (χ4v) is 1.85. The van der Waals surface area contributed by atoms with Gasteiger partial charge in [0.1, 0.15) is 5.75 Å². The minimum absolute atomic E-state index is 0.150. The third-order valence-corrected chi connectivity index (χ3v) is 2.71. The van der Waals surface area contributed by atoms with Crippen LogP contribution < -0.4 is 24.7 Å². The lowest BCUT2D eigenvalue weighted by Crippen LogP contribution is -2.00. The van der Waals surface area contributed by atoms with Gasteiger partial charge in [-0.15, -0.1) is 0 Å². The maximum atomic E-state index is 5.68. The minimum Gasteiger partial charge on any atom is -0.493 e. The molecule has 7 heteroatoms. The summed E-state index contributed by atoms with van der Waals surface area (Å²) in [6.07, 6.45) is 0. The van der Waals surface area contributed by atoms with Gasteiger partial charge in [-0.1, -0.05) is 0 Å². The van der Waals surface area contributed by atoms with Gasteiger partial charge in [-0.3, -0.25) is 0 Å². The summed E-state index contributed by atoms with van der Waals surface area (Å²) < 4.78 is 21.5. The number of methoxy groups -OCH3 is 3. The summed E-state index contributed by atoms with van der Waals surface area (Å²) >= 11 is 0. The Morgan fingerprint density at radius 1 is 0.905 bits per heavy atom. The lowest BCUT2D eigenvalue weighted by Gasteiger charge is -2.14. The number of nitrogen functional groups attached to an aromatic ring is 1. The van der Waals surface area contributed by atoms with E-state index in [2.05, 4.69) is 9.97 Å². The molecule has 0 bridgehead atoms. The molecule has 112 valence electrons. The summed E-state index contributed by atoms with van der Waals surface area (Å²) in [6.45, 7) is 1.81. The Labute approximate surface area is 122 Å². The van der Waals surface area contributed by atoms with E-state index < -0.39 is 0 Å². The molecule has 2 aromatic rings. The predicted octanol–water partition coefficient (Wildman–Crippen LogP) is 2.19. The zero-order chi connectivity index (χ0) is 15.4. The van der Waals surface area contributed by atoms with Crippen LogP contribution in [0.4, 0.5) is 5.95 Å². The number of nitrogens with two attached hydrogens (primary N) is 1. The van der Waals surface area contributed by atoms with Crippen LogP contribution in [-0.4, -0.2) is 31.3 Å². The highest BCUT2D eigenvalue weighted by Gasteiger charge is 2.14. The second kappa shape index (κ2) is 6.17. The first-order valence-electron chi connectivity index (χ1n) is 6.16. The zero-order valence-corrected chi connectivity index (χ0v) is 12.3. The molecule has 0 fully saturated rings. The number of aromatic nitrogens is 2. The maximum Gasteiger partial charge on any atom is 0.224 e. The average Bonchev–Trinajstić information content (AvgIpc) is 2.45. The van der Waals surface area contributed by atoms with Crippen molar-refractivity contribution < 1.29 is 18.9 Å². The first-order valence-corrected chi connectivity index (χ1v) is 6.16. The van der Waals surface area contributed by atoms with E-state index in [4.69, 9.17) is 24.7 Å². The first-order chi connectivity index (χ1) is 10.1. The Bertz CT molecular complexity index is 601. The lowest BCUT2D eigenvalue weighted by molar-refractivity contribution is 0.320. The molecule has 0 unspecified atom stereocenters. The summed E-state index contributed by atoms with van der Waals surface area (Å²) in [5, 5.41) is 0. The highest BCUT2D eigenvalue weighted by molar-refractivity contribution is 5.56. The molecule has 1 heterocycles. The Balaban J connectivity index is 2.40. The van der Waals surface area contributed by atoms with Crippen LogP contribution in [0.1, 0.15) is 5.69 Å². The van der Waals surface area contributed by atoms with Crippen LogP contribution in [0, 0.1) is 6.92 Å². The molecule has 0 amide bonds. The van der Waals surface area contributed by atoms with Gasteiger partial charge in [0.25, 0.3) is 0 Å². The molecule has 21 heavy (non-hydrogen) atoms. The quantitative estimate of drug-likeness (QED) is 0.903. The number of hydrogen-bond donors (Lipinski definition) is 1. The topological polar surface area (TPSA) is 88.7 Å². The summed E-state index contributed by atoms with van der Waals surface area (Å²) in [7, 11) is 4.61. The van der Waals surface area contributed by atoms with Crippen molar-refractivity contribution in [2.45, 2.75) is 6.92 Å². The first kappa shape index (κ1) is 14.7. The highest BCUT2D eigenvalue weighted by Crippen LogP contribution is 2.41. The fourth-order valence-electron chi connectivity index (χ4n) is 1.85. The third-order valence-electron chi connectivity index (χ3n) is 2.71. The van der Waals surface area contributed by atoms with Crippen LogP contribution in [0.5, 0.6) is 28.9 Å². The van der Waals surface area contributed by atoms with Crippen LogP contribution in [0.2, 0.25) is 0 Å². The molecule has 0 aliphatic carbocycles. The number of rotatable bonds is 5. The largest absolute Gasteiger partial charge is 0.493 e.